The maximum atomic E-state index is 12.9. The van der Waals surface area contributed by atoms with Crippen molar-refractivity contribution in [3.63, 3.8) is 0 Å². The minimum atomic E-state index is -4.49. The van der Waals surface area contributed by atoms with E-state index in [1.807, 2.05) is 13.8 Å². The minimum absolute atomic E-state index is 0.106. The highest BCUT2D eigenvalue weighted by Crippen LogP contribution is 2.33. The third-order valence-corrected chi connectivity index (χ3v) is 6.21. The van der Waals surface area contributed by atoms with Gasteiger partial charge in [-0.25, -0.2) is 0 Å². The topological polar surface area (TPSA) is 93.9 Å². The molecule has 2 aromatic rings. The number of benzene rings is 1. The van der Waals surface area contributed by atoms with Crippen molar-refractivity contribution in [3.8, 4) is 0 Å². The molecule has 1 aromatic heterocycles. The van der Waals surface area contributed by atoms with Gasteiger partial charge >= 0.3 is 6.18 Å². The van der Waals surface area contributed by atoms with E-state index in [9.17, 15) is 22.8 Å². The zero-order chi connectivity index (χ0) is 25.2. The summed E-state index contributed by atoms with van der Waals surface area (Å²) in [5.74, 6) is -0.742. The standard InChI is InChI=1S/C24H28F3N3O5/c1-23(2,14-34-21-5-3-4-12-33-21)18-13-19(35-29-18)28-22(32)17-10-11-20(31)30(17)16-8-6-15(7-9-16)24(25,26)27/h6-9,13,17,21H,3-5,10-12,14H2,1-2H3,(H,28,32)/t17-,21?/m0/s1. The fourth-order valence-corrected chi connectivity index (χ4v) is 4.14. The third-order valence-electron chi connectivity index (χ3n) is 6.21. The van der Waals surface area contributed by atoms with Gasteiger partial charge < -0.3 is 14.0 Å². The maximum absolute atomic E-state index is 12.9. The molecule has 1 N–H and O–H groups in total. The molecule has 1 aromatic carbocycles. The quantitative estimate of drug-likeness (QED) is 0.601. The van der Waals surface area contributed by atoms with Gasteiger partial charge in [-0.2, -0.15) is 13.2 Å². The molecule has 2 saturated heterocycles. The summed E-state index contributed by atoms with van der Waals surface area (Å²) in [4.78, 5) is 26.6. The number of carbonyl (C=O) groups excluding carboxylic acids is 2. The van der Waals surface area contributed by atoms with Crippen LogP contribution in [0.15, 0.2) is 34.9 Å². The molecular formula is C24H28F3N3O5. The van der Waals surface area contributed by atoms with Crippen molar-refractivity contribution in [2.45, 2.75) is 69.9 Å². The van der Waals surface area contributed by atoms with E-state index < -0.39 is 29.1 Å². The van der Waals surface area contributed by atoms with Gasteiger partial charge in [0.1, 0.15) is 6.04 Å². The van der Waals surface area contributed by atoms with Crippen molar-refractivity contribution in [1.82, 2.24) is 5.16 Å². The zero-order valence-corrected chi connectivity index (χ0v) is 19.6. The van der Waals surface area contributed by atoms with Crippen molar-refractivity contribution in [2.75, 3.05) is 23.4 Å². The fourth-order valence-electron chi connectivity index (χ4n) is 4.14. The number of alkyl halides is 3. The Morgan fingerprint density at radius 1 is 1.20 bits per heavy atom. The number of amides is 2. The summed E-state index contributed by atoms with van der Waals surface area (Å²) in [6.07, 6.45) is -1.48. The van der Waals surface area contributed by atoms with E-state index >= 15 is 0 Å². The van der Waals surface area contributed by atoms with Crippen LogP contribution in [0.3, 0.4) is 0 Å². The first kappa shape index (κ1) is 25.2. The molecule has 0 spiro atoms. The number of carbonyl (C=O) groups is 2. The molecule has 190 valence electrons. The first-order valence-electron chi connectivity index (χ1n) is 11.6. The molecule has 0 radical (unpaired) electrons. The van der Waals surface area contributed by atoms with E-state index in [4.69, 9.17) is 14.0 Å². The Hall–Kier alpha value is -2.92. The zero-order valence-electron chi connectivity index (χ0n) is 19.6. The van der Waals surface area contributed by atoms with Crippen LogP contribution in [0.2, 0.25) is 0 Å². The highest BCUT2D eigenvalue weighted by Gasteiger charge is 2.38. The summed E-state index contributed by atoms with van der Waals surface area (Å²) < 4.78 is 55.4. The van der Waals surface area contributed by atoms with E-state index in [2.05, 4.69) is 10.5 Å². The smallest absolute Gasteiger partial charge is 0.353 e. The molecule has 11 heteroatoms. The number of ether oxygens (including phenoxy) is 2. The number of hydrogen-bond donors (Lipinski definition) is 1. The Labute approximate surface area is 200 Å². The van der Waals surface area contributed by atoms with Crippen LogP contribution in [0.4, 0.5) is 24.7 Å². The van der Waals surface area contributed by atoms with Gasteiger partial charge in [0.2, 0.25) is 17.7 Å². The molecule has 4 rings (SSSR count). The van der Waals surface area contributed by atoms with Gasteiger partial charge in [0.15, 0.2) is 6.29 Å². The average molecular weight is 495 g/mol. The average Bonchev–Trinajstić information content (AvgIpc) is 3.45. The van der Waals surface area contributed by atoms with Crippen LogP contribution in [0.5, 0.6) is 0 Å². The van der Waals surface area contributed by atoms with Crippen LogP contribution in [-0.2, 0) is 30.7 Å². The molecule has 2 aliphatic heterocycles. The highest BCUT2D eigenvalue weighted by atomic mass is 19.4. The summed E-state index contributed by atoms with van der Waals surface area (Å²) in [6, 6.07) is 4.88. The molecule has 2 aliphatic rings. The number of rotatable bonds is 7. The number of anilines is 2. The first-order valence-corrected chi connectivity index (χ1v) is 11.6. The van der Waals surface area contributed by atoms with E-state index in [0.717, 1.165) is 31.4 Å². The molecule has 2 amide bonds. The van der Waals surface area contributed by atoms with Crippen LogP contribution < -0.4 is 10.2 Å². The molecule has 8 nitrogen and oxygen atoms in total. The molecule has 1 unspecified atom stereocenters. The van der Waals surface area contributed by atoms with E-state index in [1.165, 1.54) is 17.0 Å². The van der Waals surface area contributed by atoms with Crippen LogP contribution in [0.25, 0.3) is 0 Å². The normalized spacial score (nSPS) is 21.4. The van der Waals surface area contributed by atoms with Gasteiger partial charge in [-0.3, -0.25) is 19.8 Å². The number of nitrogens with one attached hydrogen (secondary N) is 1. The number of hydrogen-bond acceptors (Lipinski definition) is 6. The Morgan fingerprint density at radius 3 is 2.60 bits per heavy atom. The van der Waals surface area contributed by atoms with Gasteiger partial charge in [-0.1, -0.05) is 19.0 Å². The summed E-state index contributed by atoms with van der Waals surface area (Å²) in [6.45, 7) is 4.89. The Bertz CT molecular complexity index is 1050. The van der Waals surface area contributed by atoms with Crippen molar-refractivity contribution >= 4 is 23.4 Å². The number of nitrogens with zero attached hydrogens (tertiary/aromatic N) is 2. The summed E-state index contributed by atoms with van der Waals surface area (Å²) in [5, 5.41) is 6.69. The third kappa shape index (κ3) is 5.84. The molecular weight excluding hydrogens is 467 g/mol. The molecule has 3 heterocycles. The molecule has 2 fully saturated rings. The van der Waals surface area contributed by atoms with E-state index in [1.54, 1.807) is 6.07 Å². The van der Waals surface area contributed by atoms with Crippen molar-refractivity contribution < 1.29 is 36.8 Å². The first-order chi connectivity index (χ1) is 16.5. The fraction of sp³-hybridized carbons (Fsp3) is 0.542. The maximum Gasteiger partial charge on any atom is 0.416 e. The molecule has 0 bridgehead atoms. The highest BCUT2D eigenvalue weighted by molar-refractivity contribution is 6.07. The molecule has 2 atom stereocenters. The van der Waals surface area contributed by atoms with E-state index in [-0.39, 0.29) is 36.6 Å². The van der Waals surface area contributed by atoms with Crippen molar-refractivity contribution in [3.05, 3.63) is 41.6 Å². The van der Waals surface area contributed by atoms with Crippen LogP contribution >= 0.6 is 0 Å². The molecule has 0 saturated carbocycles. The Kier molecular flexibility index (Phi) is 7.18. The largest absolute Gasteiger partial charge is 0.416 e. The minimum Gasteiger partial charge on any atom is -0.353 e. The SMILES string of the molecule is CC(C)(COC1CCCCO1)c1cc(NC(=O)[C@@H]2CCC(=O)N2c2ccc(C(F)(F)F)cc2)on1. The lowest BCUT2D eigenvalue weighted by molar-refractivity contribution is -0.170. The lowest BCUT2D eigenvalue weighted by Gasteiger charge is -2.28. The van der Waals surface area contributed by atoms with Gasteiger partial charge in [0, 0.05) is 30.2 Å². The predicted octanol–water partition coefficient (Wildman–Crippen LogP) is 4.65. The summed E-state index contributed by atoms with van der Waals surface area (Å²) in [5.41, 5.74) is -0.541. The van der Waals surface area contributed by atoms with Crippen LogP contribution in [0, 0.1) is 0 Å². The second-order valence-electron chi connectivity index (χ2n) is 9.42. The lowest BCUT2D eigenvalue weighted by atomic mass is 9.90. The second-order valence-corrected chi connectivity index (χ2v) is 9.42. The Balaban J connectivity index is 1.40. The molecule has 35 heavy (non-hydrogen) atoms. The monoisotopic (exact) mass is 495 g/mol. The van der Waals surface area contributed by atoms with Crippen LogP contribution in [0.1, 0.15) is 57.2 Å². The van der Waals surface area contributed by atoms with E-state index in [0.29, 0.717) is 18.9 Å². The number of halogens is 3. The summed E-state index contributed by atoms with van der Waals surface area (Å²) >= 11 is 0. The van der Waals surface area contributed by atoms with Gasteiger partial charge in [0.25, 0.3) is 0 Å². The van der Waals surface area contributed by atoms with Gasteiger partial charge in [-0.05, 0) is 49.9 Å². The van der Waals surface area contributed by atoms with Crippen molar-refractivity contribution in [1.29, 1.82) is 0 Å². The van der Waals surface area contributed by atoms with Crippen LogP contribution in [-0.4, -0.2) is 42.5 Å². The predicted molar refractivity (Wildman–Crippen MR) is 120 cm³/mol. The summed E-state index contributed by atoms with van der Waals surface area (Å²) in [7, 11) is 0. The Morgan fingerprint density at radius 2 is 1.94 bits per heavy atom. The van der Waals surface area contributed by atoms with Gasteiger partial charge in [0.05, 0.1) is 17.9 Å². The molecule has 0 aliphatic carbocycles. The number of aromatic nitrogens is 1. The lowest BCUT2D eigenvalue weighted by Crippen LogP contribution is -2.41. The van der Waals surface area contributed by atoms with Crippen molar-refractivity contribution in [2.24, 2.45) is 0 Å². The van der Waals surface area contributed by atoms with Gasteiger partial charge in [-0.15, -0.1) is 0 Å². The second kappa shape index (κ2) is 9.98.